The van der Waals surface area contributed by atoms with Crippen LogP contribution < -0.4 is 11.1 Å². The normalized spacial score (nSPS) is 23.7. The summed E-state index contributed by atoms with van der Waals surface area (Å²) in [5, 5.41) is 12.8. The minimum Gasteiger partial charge on any atom is -0.399 e. The lowest BCUT2D eigenvalue weighted by atomic mass is 9.92. The largest absolute Gasteiger partial charge is 0.399 e. The van der Waals surface area contributed by atoms with Crippen LogP contribution >= 0.6 is 0 Å². The minimum atomic E-state index is -0.420. The summed E-state index contributed by atoms with van der Waals surface area (Å²) in [5.41, 5.74) is 7.80. The van der Waals surface area contributed by atoms with E-state index in [0.29, 0.717) is 11.3 Å². The fourth-order valence-electron chi connectivity index (χ4n) is 2.47. The summed E-state index contributed by atoms with van der Waals surface area (Å²) in [5.74, 6) is -0.126. The first-order valence-electron chi connectivity index (χ1n) is 6.43. The number of amides is 1. The molecule has 0 aromatic heterocycles. The van der Waals surface area contributed by atoms with Gasteiger partial charge in [0.2, 0.25) is 0 Å². The van der Waals surface area contributed by atoms with Crippen LogP contribution in [0.25, 0.3) is 0 Å². The summed E-state index contributed by atoms with van der Waals surface area (Å²) in [4.78, 5) is 12.1. The van der Waals surface area contributed by atoms with Crippen LogP contribution in [0.5, 0.6) is 0 Å². The number of aryl methyl sites for hydroxylation is 1. The highest BCUT2D eigenvalue weighted by Crippen LogP contribution is 2.19. The van der Waals surface area contributed by atoms with Crippen molar-refractivity contribution in [2.75, 3.05) is 5.73 Å². The van der Waals surface area contributed by atoms with Gasteiger partial charge in [0.25, 0.3) is 5.91 Å². The summed E-state index contributed by atoms with van der Waals surface area (Å²) in [6, 6.07) is 5.11. The number of benzene rings is 1. The first-order chi connectivity index (χ1) is 8.58. The molecule has 0 unspecified atom stereocenters. The highest BCUT2D eigenvalue weighted by Gasteiger charge is 2.25. The highest BCUT2D eigenvalue weighted by molar-refractivity contribution is 5.96. The third-order valence-corrected chi connectivity index (χ3v) is 3.54. The molecule has 18 heavy (non-hydrogen) atoms. The third-order valence-electron chi connectivity index (χ3n) is 3.54. The van der Waals surface area contributed by atoms with Gasteiger partial charge < -0.3 is 16.2 Å². The van der Waals surface area contributed by atoms with E-state index in [2.05, 4.69) is 5.32 Å². The van der Waals surface area contributed by atoms with E-state index in [1.807, 2.05) is 6.92 Å². The summed E-state index contributed by atoms with van der Waals surface area (Å²) >= 11 is 0. The van der Waals surface area contributed by atoms with Gasteiger partial charge in [-0.1, -0.05) is 12.8 Å². The maximum Gasteiger partial charge on any atom is 0.251 e. The molecule has 4 N–H and O–H groups in total. The van der Waals surface area contributed by atoms with Crippen molar-refractivity contribution in [3.63, 3.8) is 0 Å². The summed E-state index contributed by atoms with van der Waals surface area (Å²) in [6.07, 6.45) is 3.29. The number of carbonyl (C=O) groups is 1. The number of carbonyl (C=O) groups excluding carboxylic acids is 1. The molecule has 1 aliphatic carbocycles. The Morgan fingerprint density at radius 1 is 1.39 bits per heavy atom. The van der Waals surface area contributed by atoms with Crippen molar-refractivity contribution in [2.45, 2.75) is 44.8 Å². The van der Waals surface area contributed by atoms with Gasteiger partial charge in [0.15, 0.2) is 0 Å². The summed E-state index contributed by atoms with van der Waals surface area (Å²) in [7, 11) is 0. The van der Waals surface area contributed by atoms with Crippen molar-refractivity contribution in [1.29, 1.82) is 0 Å². The third kappa shape index (κ3) is 2.82. The van der Waals surface area contributed by atoms with Crippen LogP contribution in [-0.4, -0.2) is 23.2 Å². The van der Waals surface area contributed by atoms with Crippen molar-refractivity contribution >= 4 is 11.6 Å². The first kappa shape index (κ1) is 12.9. The van der Waals surface area contributed by atoms with Crippen LogP contribution in [0.15, 0.2) is 18.2 Å². The Morgan fingerprint density at radius 2 is 2.11 bits per heavy atom. The predicted molar refractivity (Wildman–Crippen MR) is 71.3 cm³/mol. The average molecular weight is 248 g/mol. The molecule has 2 rings (SSSR count). The Morgan fingerprint density at radius 3 is 2.78 bits per heavy atom. The molecule has 98 valence electrons. The standard InChI is InChI=1S/C14H20N2O2/c1-9-8-10(15)6-7-11(9)14(18)16-12-4-2-3-5-13(12)17/h6-8,12-13,17H,2-5,15H2,1H3,(H,16,18)/t12-,13-/m0/s1. The second-order valence-electron chi connectivity index (χ2n) is 5.01. The molecule has 0 bridgehead atoms. The molecule has 1 saturated carbocycles. The Hall–Kier alpha value is -1.55. The molecule has 0 saturated heterocycles. The van der Waals surface area contributed by atoms with Gasteiger partial charge in [-0.15, -0.1) is 0 Å². The number of hydrogen-bond acceptors (Lipinski definition) is 3. The zero-order chi connectivity index (χ0) is 13.1. The Bertz CT molecular complexity index is 445. The molecule has 1 fully saturated rings. The Labute approximate surface area is 107 Å². The second kappa shape index (κ2) is 5.40. The maximum atomic E-state index is 12.1. The van der Waals surface area contributed by atoms with Gasteiger partial charge in [-0.05, 0) is 43.5 Å². The Balaban J connectivity index is 2.07. The van der Waals surface area contributed by atoms with Crippen molar-refractivity contribution in [1.82, 2.24) is 5.32 Å². The number of nitrogens with two attached hydrogens (primary N) is 1. The van der Waals surface area contributed by atoms with E-state index >= 15 is 0 Å². The van der Waals surface area contributed by atoms with Crippen LogP contribution in [-0.2, 0) is 0 Å². The van der Waals surface area contributed by atoms with Crippen molar-refractivity contribution in [3.8, 4) is 0 Å². The lowest BCUT2D eigenvalue weighted by Crippen LogP contribution is -2.45. The average Bonchev–Trinajstić information content (AvgIpc) is 2.32. The quantitative estimate of drug-likeness (QED) is 0.696. The molecule has 1 amide bonds. The molecule has 0 aliphatic heterocycles. The second-order valence-corrected chi connectivity index (χ2v) is 5.01. The molecule has 0 heterocycles. The SMILES string of the molecule is Cc1cc(N)ccc1C(=O)N[C@H]1CCCC[C@@H]1O. The Kier molecular flexibility index (Phi) is 3.87. The minimum absolute atomic E-state index is 0.122. The van der Waals surface area contributed by atoms with Gasteiger partial charge in [0.1, 0.15) is 0 Å². The van der Waals surface area contributed by atoms with Crippen LogP contribution in [0, 0.1) is 6.92 Å². The van der Waals surface area contributed by atoms with Gasteiger partial charge in [-0.25, -0.2) is 0 Å². The number of aliphatic hydroxyl groups is 1. The van der Waals surface area contributed by atoms with E-state index in [1.165, 1.54) is 0 Å². The maximum absolute atomic E-state index is 12.1. The summed E-state index contributed by atoms with van der Waals surface area (Å²) in [6.45, 7) is 1.86. The van der Waals surface area contributed by atoms with E-state index in [0.717, 1.165) is 31.2 Å². The molecule has 1 aliphatic rings. The van der Waals surface area contributed by atoms with Gasteiger partial charge in [0, 0.05) is 11.3 Å². The molecular weight excluding hydrogens is 228 g/mol. The molecule has 0 spiro atoms. The molecule has 1 aromatic rings. The molecule has 2 atom stereocenters. The first-order valence-corrected chi connectivity index (χ1v) is 6.43. The van der Waals surface area contributed by atoms with Crippen LogP contribution in [0.3, 0.4) is 0 Å². The van der Waals surface area contributed by atoms with Crippen molar-refractivity contribution < 1.29 is 9.90 Å². The fourth-order valence-corrected chi connectivity index (χ4v) is 2.47. The van der Waals surface area contributed by atoms with E-state index in [1.54, 1.807) is 18.2 Å². The van der Waals surface area contributed by atoms with E-state index in [4.69, 9.17) is 5.73 Å². The van der Waals surface area contributed by atoms with Crippen molar-refractivity contribution in [3.05, 3.63) is 29.3 Å². The fraction of sp³-hybridized carbons (Fsp3) is 0.500. The number of nitrogens with one attached hydrogen (secondary N) is 1. The van der Waals surface area contributed by atoms with Crippen LogP contribution in [0.2, 0.25) is 0 Å². The lowest BCUT2D eigenvalue weighted by molar-refractivity contribution is 0.0717. The van der Waals surface area contributed by atoms with Gasteiger partial charge in [0.05, 0.1) is 12.1 Å². The van der Waals surface area contributed by atoms with Gasteiger partial charge in [-0.2, -0.15) is 0 Å². The monoisotopic (exact) mass is 248 g/mol. The molecule has 1 aromatic carbocycles. The molecule has 0 radical (unpaired) electrons. The van der Waals surface area contributed by atoms with Gasteiger partial charge in [-0.3, -0.25) is 4.79 Å². The predicted octanol–water partition coefficient (Wildman–Crippen LogP) is 1.61. The zero-order valence-corrected chi connectivity index (χ0v) is 10.6. The van der Waals surface area contributed by atoms with E-state index in [-0.39, 0.29) is 11.9 Å². The van der Waals surface area contributed by atoms with Crippen LogP contribution in [0.4, 0.5) is 5.69 Å². The van der Waals surface area contributed by atoms with Crippen LogP contribution in [0.1, 0.15) is 41.6 Å². The number of aliphatic hydroxyl groups excluding tert-OH is 1. The highest BCUT2D eigenvalue weighted by atomic mass is 16.3. The van der Waals surface area contributed by atoms with E-state index in [9.17, 15) is 9.90 Å². The lowest BCUT2D eigenvalue weighted by Gasteiger charge is -2.28. The number of rotatable bonds is 2. The topological polar surface area (TPSA) is 75.4 Å². The van der Waals surface area contributed by atoms with Crippen molar-refractivity contribution in [2.24, 2.45) is 0 Å². The number of anilines is 1. The summed E-state index contributed by atoms with van der Waals surface area (Å²) < 4.78 is 0. The van der Waals surface area contributed by atoms with Gasteiger partial charge >= 0.3 is 0 Å². The molecule has 4 nitrogen and oxygen atoms in total. The smallest absolute Gasteiger partial charge is 0.251 e. The number of hydrogen-bond donors (Lipinski definition) is 3. The number of nitrogen functional groups attached to an aromatic ring is 1. The molecular formula is C14H20N2O2. The zero-order valence-electron chi connectivity index (χ0n) is 10.6. The molecule has 4 heteroatoms. The van der Waals surface area contributed by atoms with E-state index < -0.39 is 6.10 Å².